The van der Waals surface area contributed by atoms with Gasteiger partial charge < -0.3 is 5.73 Å². The molecule has 0 saturated carbocycles. The minimum atomic E-state index is 0.689. The molecule has 0 atom stereocenters. The molecule has 74 valence electrons. The van der Waals surface area contributed by atoms with E-state index in [2.05, 4.69) is 5.10 Å². The molecule has 0 aromatic carbocycles. The van der Waals surface area contributed by atoms with Crippen molar-refractivity contribution in [2.45, 2.75) is 13.3 Å². The second kappa shape index (κ2) is 3.66. The van der Waals surface area contributed by atoms with Crippen molar-refractivity contribution in [3.05, 3.63) is 5.69 Å². The fourth-order valence-corrected chi connectivity index (χ4v) is 1.31. The molecule has 0 fully saturated rings. The number of nitrogen functional groups attached to an aromatic ring is 1. The van der Waals surface area contributed by atoms with E-state index in [1.165, 1.54) is 0 Å². The molecule has 0 saturated heterocycles. The van der Waals surface area contributed by atoms with Crippen molar-refractivity contribution in [2.75, 3.05) is 25.0 Å². The van der Waals surface area contributed by atoms with E-state index >= 15 is 0 Å². The van der Waals surface area contributed by atoms with Gasteiger partial charge in [0.25, 0.3) is 0 Å². The van der Waals surface area contributed by atoms with Crippen LogP contribution in [-0.4, -0.2) is 23.9 Å². The van der Waals surface area contributed by atoms with Gasteiger partial charge in [-0.2, -0.15) is 5.10 Å². The van der Waals surface area contributed by atoms with Gasteiger partial charge in [-0.25, -0.2) is 9.75 Å². The number of hydrogen-bond donors (Lipinski definition) is 1. The summed E-state index contributed by atoms with van der Waals surface area (Å²) in [5.74, 6) is 0.791. The van der Waals surface area contributed by atoms with Crippen LogP contribution in [0.1, 0.15) is 12.6 Å². The molecule has 0 aliphatic carbocycles. The van der Waals surface area contributed by atoms with Gasteiger partial charge in [0.15, 0.2) is 5.82 Å². The van der Waals surface area contributed by atoms with Gasteiger partial charge in [-0.05, 0) is 6.42 Å². The van der Waals surface area contributed by atoms with Crippen LogP contribution in [0.4, 0.5) is 11.5 Å². The van der Waals surface area contributed by atoms with E-state index in [0.717, 1.165) is 17.9 Å². The van der Waals surface area contributed by atoms with Crippen LogP contribution in [0.15, 0.2) is 0 Å². The fourth-order valence-electron chi connectivity index (χ4n) is 1.31. The molecule has 2 N–H and O–H groups in total. The lowest BCUT2D eigenvalue weighted by atomic mass is 10.3. The number of hydrogen-bond acceptors (Lipinski definition) is 4. The summed E-state index contributed by atoms with van der Waals surface area (Å²) in [6.45, 7) is 2.02. The Bertz CT molecular complexity index is 295. The third kappa shape index (κ3) is 1.60. The van der Waals surface area contributed by atoms with Gasteiger partial charge in [0.05, 0.1) is 12.8 Å². The lowest BCUT2D eigenvalue weighted by molar-refractivity contribution is 0.180. The molecule has 0 radical (unpaired) electrons. The number of hydroxylamine groups is 1. The minimum Gasteiger partial charge on any atom is -0.394 e. The van der Waals surface area contributed by atoms with Crippen molar-refractivity contribution in [2.24, 2.45) is 7.05 Å². The third-order valence-corrected chi connectivity index (χ3v) is 2.04. The predicted octanol–water partition coefficient (Wildman–Crippen LogP) is 0.562. The second-order valence-corrected chi connectivity index (χ2v) is 2.84. The Morgan fingerprint density at radius 3 is 2.62 bits per heavy atom. The first-order valence-corrected chi connectivity index (χ1v) is 4.21. The number of aryl methyl sites for hydroxylation is 2. The minimum absolute atomic E-state index is 0.689. The van der Waals surface area contributed by atoms with E-state index in [-0.39, 0.29) is 0 Å². The first kappa shape index (κ1) is 9.85. The number of anilines is 2. The van der Waals surface area contributed by atoms with Crippen molar-refractivity contribution >= 4 is 11.5 Å². The standard InChI is InChI=1S/C8H16N4O/c1-5-6-7(9)8(11(2)10-6)12(3)13-4/h5,9H2,1-4H3. The zero-order valence-electron chi connectivity index (χ0n) is 8.53. The fraction of sp³-hybridized carbons (Fsp3) is 0.625. The maximum Gasteiger partial charge on any atom is 0.174 e. The lowest BCUT2D eigenvalue weighted by Crippen LogP contribution is -2.19. The third-order valence-electron chi connectivity index (χ3n) is 2.04. The zero-order valence-corrected chi connectivity index (χ0v) is 8.53. The molecule has 0 aliphatic heterocycles. The maximum atomic E-state index is 5.89. The second-order valence-electron chi connectivity index (χ2n) is 2.84. The highest BCUT2D eigenvalue weighted by Gasteiger charge is 2.15. The average Bonchev–Trinajstić information content (AvgIpc) is 2.40. The van der Waals surface area contributed by atoms with Crippen LogP contribution >= 0.6 is 0 Å². The topological polar surface area (TPSA) is 56.3 Å². The molecule has 0 amide bonds. The van der Waals surface area contributed by atoms with Gasteiger partial charge in [0.1, 0.15) is 5.69 Å². The van der Waals surface area contributed by atoms with Crippen LogP contribution in [-0.2, 0) is 18.3 Å². The predicted molar refractivity (Wildman–Crippen MR) is 52.4 cm³/mol. The summed E-state index contributed by atoms with van der Waals surface area (Å²) in [7, 11) is 5.24. The van der Waals surface area contributed by atoms with Gasteiger partial charge in [0, 0.05) is 14.1 Å². The van der Waals surface area contributed by atoms with Crippen LogP contribution in [0.3, 0.4) is 0 Å². The molecule has 1 heterocycles. The van der Waals surface area contributed by atoms with Crippen LogP contribution < -0.4 is 10.8 Å². The Morgan fingerprint density at radius 2 is 2.23 bits per heavy atom. The highest BCUT2D eigenvalue weighted by atomic mass is 16.7. The molecular weight excluding hydrogens is 168 g/mol. The van der Waals surface area contributed by atoms with E-state index in [9.17, 15) is 0 Å². The highest BCUT2D eigenvalue weighted by molar-refractivity contribution is 5.64. The zero-order chi connectivity index (χ0) is 10.0. The lowest BCUT2D eigenvalue weighted by Gasteiger charge is -2.16. The first-order valence-electron chi connectivity index (χ1n) is 4.21. The van der Waals surface area contributed by atoms with Crippen LogP contribution in [0.25, 0.3) is 0 Å². The van der Waals surface area contributed by atoms with Gasteiger partial charge in [-0.3, -0.25) is 4.84 Å². The van der Waals surface area contributed by atoms with Crippen molar-refractivity contribution in [3.8, 4) is 0 Å². The molecule has 1 rings (SSSR count). The van der Waals surface area contributed by atoms with Crippen molar-refractivity contribution in [3.63, 3.8) is 0 Å². The highest BCUT2D eigenvalue weighted by Crippen LogP contribution is 2.25. The smallest absolute Gasteiger partial charge is 0.174 e. The molecule has 5 nitrogen and oxygen atoms in total. The Morgan fingerprint density at radius 1 is 1.62 bits per heavy atom. The van der Waals surface area contributed by atoms with Gasteiger partial charge in [-0.1, -0.05) is 6.92 Å². The molecular formula is C8H16N4O. The monoisotopic (exact) mass is 184 g/mol. The van der Waals surface area contributed by atoms with Crippen LogP contribution in [0.2, 0.25) is 0 Å². The first-order chi connectivity index (χ1) is 6.11. The Labute approximate surface area is 78.0 Å². The van der Waals surface area contributed by atoms with E-state index in [4.69, 9.17) is 10.6 Å². The van der Waals surface area contributed by atoms with Crippen molar-refractivity contribution in [1.29, 1.82) is 0 Å². The van der Waals surface area contributed by atoms with E-state index in [1.807, 2.05) is 14.0 Å². The van der Waals surface area contributed by atoms with Crippen molar-refractivity contribution < 1.29 is 4.84 Å². The number of nitrogens with two attached hydrogens (primary N) is 1. The van der Waals surface area contributed by atoms with Crippen LogP contribution in [0.5, 0.6) is 0 Å². The van der Waals surface area contributed by atoms with E-state index in [1.54, 1.807) is 23.9 Å². The molecule has 0 spiro atoms. The SMILES string of the molecule is CCc1nn(C)c(N(C)OC)c1N. The van der Waals surface area contributed by atoms with Gasteiger partial charge in [0.2, 0.25) is 0 Å². The largest absolute Gasteiger partial charge is 0.394 e. The van der Waals surface area contributed by atoms with E-state index in [0.29, 0.717) is 5.69 Å². The van der Waals surface area contributed by atoms with Crippen molar-refractivity contribution in [1.82, 2.24) is 9.78 Å². The summed E-state index contributed by atoms with van der Waals surface area (Å²) >= 11 is 0. The summed E-state index contributed by atoms with van der Waals surface area (Å²) in [5, 5.41) is 5.87. The number of rotatable bonds is 3. The molecule has 0 aliphatic rings. The Kier molecular flexibility index (Phi) is 2.77. The number of nitrogens with zero attached hydrogens (tertiary/aromatic N) is 3. The molecule has 5 heteroatoms. The molecule has 1 aromatic rings. The van der Waals surface area contributed by atoms with Crippen LogP contribution in [0, 0.1) is 0 Å². The Hall–Kier alpha value is -1.23. The molecule has 0 bridgehead atoms. The molecule has 1 aromatic heterocycles. The quantitative estimate of drug-likeness (QED) is 0.697. The van der Waals surface area contributed by atoms with Gasteiger partial charge >= 0.3 is 0 Å². The molecule has 13 heavy (non-hydrogen) atoms. The maximum absolute atomic E-state index is 5.89. The number of aromatic nitrogens is 2. The van der Waals surface area contributed by atoms with E-state index < -0.39 is 0 Å². The molecule has 0 unspecified atom stereocenters. The summed E-state index contributed by atoms with van der Waals surface area (Å²) in [4.78, 5) is 5.05. The average molecular weight is 184 g/mol. The summed E-state index contributed by atoms with van der Waals surface area (Å²) < 4.78 is 1.72. The summed E-state index contributed by atoms with van der Waals surface area (Å²) in [6.07, 6.45) is 0.831. The normalized spacial score (nSPS) is 10.5. The Balaban J connectivity index is 3.12. The summed E-state index contributed by atoms with van der Waals surface area (Å²) in [5.41, 5.74) is 7.48. The van der Waals surface area contributed by atoms with Gasteiger partial charge in [-0.15, -0.1) is 0 Å². The summed E-state index contributed by atoms with van der Waals surface area (Å²) in [6, 6.07) is 0.